The lowest BCUT2D eigenvalue weighted by Crippen LogP contribution is -1.94. The topological polar surface area (TPSA) is 38.4 Å². The summed E-state index contributed by atoms with van der Waals surface area (Å²) >= 11 is 5.09. The molecule has 2 nitrogen and oxygen atoms in total. The van der Waals surface area contributed by atoms with Gasteiger partial charge in [0.25, 0.3) is 0 Å². The monoisotopic (exact) mass is 232 g/mol. The second-order valence-electron chi connectivity index (χ2n) is 2.28. The molecule has 0 saturated heterocycles. The van der Waals surface area contributed by atoms with Crippen LogP contribution >= 0.6 is 27.3 Å². The SMILES string of the molecule is C/C(=N\N)c1cc(C)c(Br)s1. The molecule has 0 radical (unpaired) electrons. The van der Waals surface area contributed by atoms with Gasteiger partial charge in [0.15, 0.2) is 0 Å². The maximum Gasteiger partial charge on any atom is 0.0741 e. The van der Waals surface area contributed by atoms with E-state index in [1.807, 2.05) is 13.8 Å². The summed E-state index contributed by atoms with van der Waals surface area (Å²) in [6, 6.07) is 2.07. The first-order valence-corrected chi connectivity index (χ1v) is 4.77. The van der Waals surface area contributed by atoms with E-state index in [9.17, 15) is 0 Å². The minimum atomic E-state index is 0.879. The summed E-state index contributed by atoms with van der Waals surface area (Å²) in [6.07, 6.45) is 0. The van der Waals surface area contributed by atoms with E-state index in [0.29, 0.717) is 0 Å². The van der Waals surface area contributed by atoms with Gasteiger partial charge in [0, 0.05) is 0 Å². The Morgan fingerprint density at radius 2 is 2.36 bits per heavy atom. The normalized spacial score (nSPS) is 12.1. The zero-order valence-electron chi connectivity index (χ0n) is 6.39. The summed E-state index contributed by atoms with van der Waals surface area (Å²) in [5.41, 5.74) is 2.11. The Kier molecular flexibility index (Phi) is 2.67. The van der Waals surface area contributed by atoms with E-state index in [2.05, 4.69) is 27.1 Å². The van der Waals surface area contributed by atoms with Crippen molar-refractivity contribution in [3.63, 3.8) is 0 Å². The summed E-state index contributed by atoms with van der Waals surface area (Å²) in [4.78, 5) is 1.12. The molecule has 0 aliphatic heterocycles. The molecule has 0 unspecified atom stereocenters. The number of nitrogens with zero attached hydrogens (tertiary/aromatic N) is 1. The van der Waals surface area contributed by atoms with Crippen LogP contribution in [0.15, 0.2) is 15.0 Å². The smallest absolute Gasteiger partial charge is 0.0741 e. The average Bonchev–Trinajstić information content (AvgIpc) is 2.31. The summed E-state index contributed by atoms with van der Waals surface area (Å²) in [5, 5.41) is 3.62. The van der Waals surface area contributed by atoms with Crippen molar-refractivity contribution >= 4 is 33.0 Å². The molecule has 0 atom stereocenters. The number of aryl methyl sites for hydroxylation is 1. The number of nitrogens with two attached hydrogens (primary N) is 1. The number of rotatable bonds is 1. The van der Waals surface area contributed by atoms with Gasteiger partial charge in [-0.05, 0) is 41.4 Å². The molecule has 1 aromatic rings. The molecule has 60 valence electrons. The molecule has 0 spiro atoms. The van der Waals surface area contributed by atoms with Crippen molar-refractivity contribution in [2.45, 2.75) is 13.8 Å². The Hall–Kier alpha value is -0.350. The molecule has 0 fully saturated rings. The van der Waals surface area contributed by atoms with E-state index >= 15 is 0 Å². The Bertz CT molecular complexity index is 271. The van der Waals surface area contributed by atoms with Crippen molar-refractivity contribution in [1.82, 2.24) is 0 Å². The summed E-state index contributed by atoms with van der Waals surface area (Å²) in [7, 11) is 0. The lowest BCUT2D eigenvalue weighted by atomic mass is 10.3. The highest BCUT2D eigenvalue weighted by Gasteiger charge is 2.04. The van der Waals surface area contributed by atoms with Gasteiger partial charge in [-0.2, -0.15) is 5.10 Å². The fourth-order valence-electron chi connectivity index (χ4n) is 0.702. The van der Waals surface area contributed by atoms with Crippen LogP contribution in [-0.2, 0) is 0 Å². The third-order valence-electron chi connectivity index (χ3n) is 1.41. The third-order valence-corrected chi connectivity index (χ3v) is 3.65. The van der Waals surface area contributed by atoms with Gasteiger partial charge in [-0.25, -0.2) is 0 Å². The summed E-state index contributed by atoms with van der Waals surface area (Å²) in [6.45, 7) is 3.95. The van der Waals surface area contributed by atoms with Gasteiger partial charge in [0.1, 0.15) is 0 Å². The quantitative estimate of drug-likeness (QED) is 0.451. The fourth-order valence-corrected chi connectivity index (χ4v) is 2.19. The number of hydrogen-bond donors (Lipinski definition) is 1. The van der Waals surface area contributed by atoms with Gasteiger partial charge in [0.2, 0.25) is 0 Å². The van der Waals surface area contributed by atoms with E-state index in [-0.39, 0.29) is 0 Å². The lowest BCUT2D eigenvalue weighted by molar-refractivity contribution is 1.24. The zero-order valence-corrected chi connectivity index (χ0v) is 8.79. The van der Waals surface area contributed by atoms with Gasteiger partial charge in [-0.3, -0.25) is 0 Å². The molecular formula is C7H9BrN2S. The number of halogens is 1. The largest absolute Gasteiger partial charge is 0.323 e. The van der Waals surface area contributed by atoms with Crippen molar-refractivity contribution in [2.75, 3.05) is 0 Å². The molecule has 2 N–H and O–H groups in total. The average molecular weight is 233 g/mol. The van der Waals surface area contributed by atoms with Crippen LogP contribution in [-0.4, -0.2) is 5.71 Å². The fraction of sp³-hybridized carbons (Fsp3) is 0.286. The van der Waals surface area contributed by atoms with Crippen LogP contribution in [0, 0.1) is 6.92 Å². The molecule has 1 heterocycles. The molecule has 0 saturated carbocycles. The molecule has 0 amide bonds. The van der Waals surface area contributed by atoms with E-state index in [1.54, 1.807) is 11.3 Å². The van der Waals surface area contributed by atoms with Crippen LogP contribution < -0.4 is 5.84 Å². The van der Waals surface area contributed by atoms with Crippen molar-refractivity contribution < 1.29 is 0 Å². The van der Waals surface area contributed by atoms with Gasteiger partial charge in [-0.1, -0.05) is 0 Å². The highest BCUT2D eigenvalue weighted by atomic mass is 79.9. The van der Waals surface area contributed by atoms with Crippen LogP contribution in [0.4, 0.5) is 0 Å². The molecule has 0 aliphatic rings. The standard InChI is InChI=1S/C7H9BrN2S/c1-4-3-6(5(2)10-9)11-7(4)8/h3H,9H2,1-2H3/b10-5+. The Morgan fingerprint density at radius 3 is 2.73 bits per heavy atom. The van der Waals surface area contributed by atoms with Crippen LogP contribution in [0.25, 0.3) is 0 Å². The summed E-state index contributed by atoms with van der Waals surface area (Å²) < 4.78 is 1.15. The minimum absolute atomic E-state index is 0.879. The molecule has 4 heteroatoms. The van der Waals surface area contributed by atoms with E-state index in [0.717, 1.165) is 14.4 Å². The second-order valence-corrected chi connectivity index (χ2v) is 4.65. The van der Waals surface area contributed by atoms with Crippen molar-refractivity contribution in [1.29, 1.82) is 0 Å². The number of thiophene rings is 1. The Balaban J connectivity index is 3.07. The second kappa shape index (κ2) is 3.36. The first kappa shape index (κ1) is 8.74. The molecule has 0 bridgehead atoms. The third kappa shape index (κ3) is 1.81. The number of hydrogen-bond acceptors (Lipinski definition) is 3. The van der Waals surface area contributed by atoms with Crippen molar-refractivity contribution in [2.24, 2.45) is 10.9 Å². The first-order valence-electron chi connectivity index (χ1n) is 3.16. The number of hydrazone groups is 1. The predicted molar refractivity (Wildman–Crippen MR) is 53.2 cm³/mol. The van der Waals surface area contributed by atoms with Crippen LogP contribution in [0.5, 0.6) is 0 Å². The molecule has 1 rings (SSSR count). The molecule has 0 aliphatic carbocycles. The highest BCUT2D eigenvalue weighted by molar-refractivity contribution is 9.11. The van der Waals surface area contributed by atoms with Gasteiger partial charge in [-0.15, -0.1) is 11.3 Å². The van der Waals surface area contributed by atoms with Gasteiger partial charge >= 0.3 is 0 Å². The molecule has 11 heavy (non-hydrogen) atoms. The Morgan fingerprint density at radius 1 is 1.73 bits per heavy atom. The molecule has 0 aromatic carbocycles. The maximum atomic E-state index is 5.14. The van der Waals surface area contributed by atoms with E-state index in [1.165, 1.54) is 5.56 Å². The van der Waals surface area contributed by atoms with Crippen LogP contribution in [0.2, 0.25) is 0 Å². The van der Waals surface area contributed by atoms with Crippen LogP contribution in [0.1, 0.15) is 17.4 Å². The minimum Gasteiger partial charge on any atom is -0.323 e. The first-order chi connectivity index (χ1) is 5.15. The Labute approximate surface area is 78.2 Å². The highest BCUT2D eigenvalue weighted by Crippen LogP contribution is 2.27. The molecule has 1 aromatic heterocycles. The van der Waals surface area contributed by atoms with E-state index < -0.39 is 0 Å². The van der Waals surface area contributed by atoms with Crippen molar-refractivity contribution in [3.8, 4) is 0 Å². The predicted octanol–water partition coefficient (Wildman–Crippen LogP) is 2.50. The maximum absolute atomic E-state index is 5.14. The molecular weight excluding hydrogens is 224 g/mol. The van der Waals surface area contributed by atoms with Crippen molar-refractivity contribution in [3.05, 3.63) is 20.3 Å². The lowest BCUT2D eigenvalue weighted by Gasteiger charge is -1.89. The van der Waals surface area contributed by atoms with E-state index in [4.69, 9.17) is 5.84 Å². The summed E-state index contributed by atoms with van der Waals surface area (Å²) in [5.74, 6) is 5.14. The zero-order chi connectivity index (χ0) is 8.43. The van der Waals surface area contributed by atoms with Gasteiger partial charge < -0.3 is 5.84 Å². The van der Waals surface area contributed by atoms with Gasteiger partial charge in [0.05, 0.1) is 14.4 Å². The van der Waals surface area contributed by atoms with Crippen LogP contribution in [0.3, 0.4) is 0 Å².